The maximum atomic E-state index is 12.1. The highest BCUT2D eigenvalue weighted by Gasteiger charge is 2.26. The molecule has 1 unspecified atom stereocenters. The summed E-state index contributed by atoms with van der Waals surface area (Å²) < 4.78 is 0. The number of nitrogens with zero attached hydrogens (tertiary/aromatic N) is 2. The summed E-state index contributed by atoms with van der Waals surface area (Å²) in [5.74, 6) is -0.631. The molecule has 0 radical (unpaired) electrons. The SMILES string of the molecule is CC(C)N(C)C(=O)CN1CCCCC1CCC(=O)O. The average molecular weight is 270 g/mol. The Morgan fingerprint density at radius 3 is 2.63 bits per heavy atom. The zero-order valence-corrected chi connectivity index (χ0v) is 12.3. The molecule has 1 aliphatic heterocycles. The van der Waals surface area contributed by atoms with Crippen LogP contribution >= 0.6 is 0 Å². The van der Waals surface area contributed by atoms with Crippen LogP contribution in [0.1, 0.15) is 46.0 Å². The number of hydrogen-bond acceptors (Lipinski definition) is 3. The van der Waals surface area contributed by atoms with Crippen LogP contribution in [0.3, 0.4) is 0 Å². The van der Waals surface area contributed by atoms with Gasteiger partial charge < -0.3 is 10.0 Å². The van der Waals surface area contributed by atoms with Gasteiger partial charge in [0.15, 0.2) is 0 Å². The van der Waals surface area contributed by atoms with E-state index in [9.17, 15) is 9.59 Å². The number of amides is 1. The molecule has 1 N–H and O–H groups in total. The van der Waals surface area contributed by atoms with Gasteiger partial charge in [0.25, 0.3) is 0 Å². The van der Waals surface area contributed by atoms with Gasteiger partial charge in [-0.3, -0.25) is 14.5 Å². The van der Waals surface area contributed by atoms with Crippen LogP contribution in [0, 0.1) is 0 Å². The van der Waals surface area contributed by atoms with E-state index in [1.165, 1.54) is 0 Å². The van der Waals surface area contributed by atoms with Gasteiger partial charge in [0.2, 0.25) is 5.91 Å². The maximum absolute atomic E-state index is 12.1. The number of carboxylic acids is 1. The largest absolute Gasteiger partial charge is 0.481 e. The molecule has 5 nitrogen and oxygen atoms in total. The number of likely N-dealkylation sites (N-methyl/N-ethyl adjacent to an activating group) is 1. The first-order valence-corrected chi connectivity index (χ1v) is 7.13. The van der Waals surface area contributed by atoms with Crippen molar-refractivity contribution in [2.24, 2.45) is 0 Å². The molecule has 0 saturated carbocycles. The van der Waals surface area contributed by atoms with E-state index in [0.29, 0.717) is 13.0 Å². The highest BCUT2D eigenvalue weighted by Crippen LogP contribution is 2.20. The number of carboxylic acid groups (broad SMARTS) is 1. The lowest BCUT2D eigenvalue weighted by Crippen LogP contribution is -2.47. The van der Waals surface area contributed by atoms with Gasteiger partial charge in [-0.05, 0) is 39.7 Å². The van der Waals surface area contributed by atoms with Crippen LogP contribution in [-0.4, -0.2) is 59.0 Å². The molecule has 0 aromatic heterocycles. The van der Waals surface area contributed by atoms with Gasteiger partial charge in [0.1, 0.15) is 0 Å². The molecule has 1 fully saturated rings. The summed E-state index contributed by atoms with van der Waals surface area (Å²) in [6.07, 6.45) is 4.08. The molecule has 19 heavy (non-hydrogen) atoms. The molecule has 0 spiro atoms. The highest BCUT2D eigenvalue weighted by atomic mass is 16.4. The standard InChI is InChI=1S/C14H26N2O3/c1-11(2)15(3)13(17)10-16-9-5-4-6-12(16)7-8-14(18)19/h11-12H,4-10H2,1-3H3,(H,18,19). The van der Waals surface area contributed by atoms with E-state index in [4.69, 9.17) is 5.11 Å². The molecule has 5 heteroatoms. The van der Waals surface area contributed by atoms with Gasteiger partial charge in [-0.1, -0.05) is 6.42 Å². The highest BCUT2D eigenvalue weighted by molar-refractivity contribution is 5.78. The molecule has 1 atom stereocenters. The zero-order chi connectivity index (χ0) is 14.4. The van der Waals surface area contributed by atoms with Crippen LogP contribution in [0.25, 0.3) is 0 Å². The molecule has 1 saturated heterocycles. The Morgan fingerprint density at radius 2 is 2.05 bits per heavy atom. The molecule has 0 aromatic carbocycles. The van der Waals surface area contributed by atoms with Crippen molar-refractivity contribution < 1.29 is 14.7 Å². The van der Waals surface area contributed by atoms with Crippen molar-refractivity contribution in [2.45, 2.75) is 58.0 Å². The number of likely N-dealkylation sites (tertiary alicyclic amines) is 1. The van der Waals surface area contributed by atoms with Crippen molar-refractivity contribution in [3.63, 3.8) is 0 Å². The minimum atomic E-state index is -0.754. The molecule has 1 rings (SSSR count). The predicted octanol–water partition coefficient (Wildman–Crippen LogP) is 1.57. The second-order valence-corrected chi connectivity index (χ2v) is 5.65. The Bertz CT molecular complexity index is 318. The second kappa shape index (κ2) is 7.48. The zero-order valence-electron chi connectivity index (χ0n) is 12.3. The lowest BCUT2D eigenvalue weighted by atomic mass is 9.98. The molecule has 0 aliphatic carbocycles. The third kappa shape index (κ3) is 5.19. The maximum Gasteiger partial charge on any atom is 0.303 e. The van der Waals surface area contributed by atoms with Gasteiger partial charge in [-0.15, -0.1) is 0 Å². The lowest BCUT2D eigenvalue weighted by molar-refractivity contribution is -0.137. The van der Waals surface area contributed by atoms with E-state index < -0.39 is 5.97 Å². The number of carbonyl (C=O) groups excluding carboxylic acids is 1. The minimum absolute atomic E-state index is 0.122. The first-order chi connectivity index (χ1) is 8.91. The number of rotatable bonds is 6. The summed E-state index contributed by atoms with van der Waals surface area (Å²) in [6.45, 7) is 5.31. The van der Waals surface area contributed by atoms with Gasteiger partial charge in [0.05, 0.1) is 6.54 Å². The van der Waals surface area contributed by atoms with E-state index in [1.54, 1.807) is 4.90 Å². The van der Waals surface area contributed by atoms with E-state index in [2.05, 4.69) is 4.90 Å². The summed E-state index contributed by atoms with van der Waals surface area (Å²) in [5, 5.41) is 8.78. The van der Waals surface area contributed by atoms with Crippen LogP contribution in [-0.2, 0) is 9.59 Å². The average Bonchev–Trinajstić information content (AvgIpc) is 2.36. The van der Waals surface area contributed by atoms with Gasteiger partial charge in [-0.25, -0.2) is 0 Å². The summed E-state index contributed by atoms with van der Waals surface area (Å²) in [6, 6.07) is 0.448. The quantitative estimate of drug-likeness (QED) is 0.796. The second-order valence-electron chi connectivity index (χ2n) is 5.65. The van der Waals surface area contributed by atoms with Crippen molar-refractivity contribution >= 4 is 11.9 Å². The number of carbonyl (C=O) groups is 2. The van der Waals surface area contributed by atoms with Crippen molar-refractivity contribution in [3.05, 3.63) is 0 Å². The fourth-order valence-electron chi connectivity index (χ4n) is 2.46. The Kier molecular flexibility index (Phi) is 6.28. The normalized spacial score (nSPS) is 20.5. The van der Waals surface area contributed by atoms with Gasteiger partial charge in [0, 0.05) is 25.6 Å². The monoisotopic (exact) mass is 270 g/mol. The van der Waals surface area contributed by atoms with Gasteiger partial charge in [-0.2, -0.15) is 0 Å². The fraction of sp³-hybridized carbons (Fsp3) is 0.857. The van der Waals surface area contributed by atoms with Crippen LogP contribution in [0.4, 0.5) is 0 Å². The molecular formula is C14H26N2O3. The number of hydrogen-bond donors (Lipinski definition) is 1. The summed E-state index contributed by atoms with van der Waals surface area (Å²) in [4.78, 5) is 26.7. The Balaban J connectivity index is 2.52. The fourth-order valence-corrected chi connectivity index (χ4v) is 2.46. The molecule has 0 aromatic rings. The first-order valence-electron chi connectivity index (χ1n) is 7.13. The molecular weight excluding hydrogens is 244 g/mol. The summed E-state index contributed by atoms with van der Waals surface area (Å²) in [5.41, 5.74) is 0. The lowest BCUT2D eigenvalue weighted by Gasteiger charge is -2.36. The molecule has 110 valence electrons. The molecule has 1 aliphatic rings. The Labute approximate surface area is 115 Å². The van der Waals surface area contributed by atoms with E-state index in [-0.39, 0.29) is 24.4 Å². The van der Waals surface area contributed by atoms with E-state index in [0.717, 1.165) is 25.8 Å². The Morgan fingerprint density at radius 1 is 1.37 bits per heavy atom. The molecule has 0 bridgehead atoms. The molecule has 1 heterocycles. The van der Waals surface area contributed by atoms with Crippen LogP contribution in [0.2, 0.25) is 0 Å². The summed E-state index contributed by atoms with van der Waals surface area (Å²) in [7, 11) is 1.82. The number of aliphatic carboxylic acids is 1. The van der Waals surface area contributed by atoms with E-state index in [1.807, 2.05) is 20.9 Å². The predicted molar refractivity (Wildman–Crippen MR) is 74.0 cm³/mol. The summed E-state index contributed by atoms with van der Waals surface area (Å²) >= 11 is 0. The minimum Gasteiger partial charge on any atom is -0.481 e. The van der Waals surface area contributed by atoms with Crippen molar-refractivity contribution in [3.8, 4) is 0 Å². The third-order valence-electron chi connectivity index (χ3n) is 3.95. The van der Waals surface area contributed by atoms with Crippen molar-refractivity contribution in [1.82, 2.24) is 9.80 Å². The van der Waals surface area contributed by atoms with Crippen molar-refractivity contribution in [2.75, 3.05) is 20.1 Å². The first kappa shape index (κ1) is 16.0. The van der Waals surface area contributed by atoms with Crippen LogP contribution in [0.15, 0.2) is 0 Å². The Hall–Kier alpha value is -1.10. The van der Waals surface area contributed by atoms with E-state index >= 15 is 0 Å². The van der Waals surface area contributed by atoms with Crippen molar-refractivity contribution in [1.29, 1.82) is 0 Å². The van der Waals surface area contributed by atoms with Crippen LogP contribution in [0.5, 0.6) is 0 Å². The van der Waals surface area contributed by atoms with Crippen LogP contribution < -0.4 is 0 Å². The smallest absolute Gasteiger partial charge is 0.303 e. The topological polar surface area (TPSA) is 60.9 Å². The third-order valence-corrected chi connectivity index (χ3v) is 3.95. The van der Waals surface area contributed by atoms with Gasteiger partial charge >= 0.3 is 5.97 Å². The number of piperidine rings is 1. The molecule has 1 amide bonds.